The van der Waals surface area contributed by atoms with E-state index < -0.39 is 6.10 Å². The quantitative estimate of drug-likeness (QED) is 0.878. The molecule has 118 valence electrons. The van der Waals surface area contributed by atoms with Gasteiger partial charge in [-0.2, -0.15) is 0 Å². The van der Waals surface area contributed by atoms with Crippen LogP contribution in [0.25, 0.3) is 0 Å². The minimum Gasteiger partial charge on any atom is -0.467 e. The molecular weight excluding hydrogens is 288 g/mol. The van der Waals surface area contributed by atoms with Crippen LogP contribution < -0.4 is 0 Å². The molecule has 0 saturated carbocycles. The van der Waals surface area contributed by atoms with Crippen LogP contribution in [0.1, 0.15) is 27.9 Å². The van der Waals surface area contributed by atoms with Gasteiger partial charge in [-0.1, -0.05) is 5.21 Å². The Kier molecular flexibility index (Phi) is 3.95. The predicted octanol–water partition coefficient (Wildman–Crippen LogP) is 0.384. The molecule has 8 nitrogen and oxygen atoms in total. The summed E-state index contributed by atoms with van der Waals surface area (Å²) in [7, 11) is 1.68. The van der Waals surface area contributed by atoms with Crippen LogP contribution in [-0.4, -0.2) is 57.3 Å². The molecule has 1 amide bonds. The zero-order valence-corrected chi connectivity index (χ0v) is 12.5. The van der Waals surface area contributed by atoms with Crippen molar-refractivity contribution in [3.63, 3.8) is 0 Å². The van der Waals surface area contributed by atoms with Gasteiger partial charge in [0.25, 0.3) is 5.91 Å². The lowest BCUT2D eigenvalue weighted by atomic mass is 10.2. The van der Waals surface area contributed by atoms with E-state index >= 15 is 0 Å². The maximum absolute atomic E-state index is 12.4. The summed E-state index contributed by atoms with van der Waals surface area (Å²) in [4.78, 5) is 13.9. The third-order valence-electron chi connectivity index (χ3n) is 3.79. The van der Waals surface area contributed by atoms with Crippen LogP contribution in [0.15, 0.2) is 22.9 Å². The van der Waals surface area contributed by atoms with Crippen molar-refractivity contribution in [2.24, 2.45) is 0 Å². The number of carbonyl (C=O) groups is 1. The molecule has 22 heavy (non-hydrogen) atoms. The van der Waals surface area contributed by atoms with Gasteiger partial charge in [-0.05, 0) is 18.6 Å². The number of carbonyl (C=O) groups excluding carboxylic acids is 1. The average molecular weight is 306 g/mol. The molecule has 2 aromatic rings. The smallest absolute Gasteiger partial charge is 0.276 e. The number of hydrogen-bond acceptors (Lipinski definition) is 6. The van der Waals surface area contributed by atoms with Gasteiger partial charge >= 0.3 is 0 Å². The zero-order valence-electron chi connectivity index (χ0n) is 12.5. The maximum atomic E-state index is 12.4. The number of aliphatic hydroxyl groups excluding tert-OH is 1. The molecule has 3 rings (SSSR count). The monoisotopic (exact) mass is 306 g/mol. The highest BCUT2D eigenvalue weighted by molar-refractivity contribution is 5.91. The van der Waals surface area contributed by atoms with E-state index in [-0.39, 0.29) is 24.2 Å². The Hall–Kier alpha value is -2.19. The molecule has 0 aromatic carbocycles. The molecule has 0 spiro atoms. The molecule has 8 heteroatoms. The van der Waals surface area contributed by atoms with Gasteiger partial charge in [0.1, 0.15) is 17.9 Å². The van der Waals surface area contributed by atoms with Crippen molar-refractivity contribution in [3.05, 3.63) is 35.5 Å². The topological polar surface area (TPSA) is 93.6 Å². The summed E-state index contributed by atoms with van der Waals surface area (Å²) in [6.07, 6.45) is 2.50. The molecule has 0 unspecified atom stereocenters. The number of aliphatic hydroxyl groups is 1. The van der Waals surface area contributed by atoms with Crippen molar-refractivity contribution in [2.45, 2.75) is 25.6 Å². The Morgan fingerprint density at radius 1 is 1.55 bits per heavy atom. The van der Waals surface area contributed by atoms with E-state index in [1.165, 1.54) is 15.8 Å². The summed E-state index contributed by atoms with van der Waals surface area (Å²) in [5, 5.41) is 17.6. The van der Waals surface area contributed by atoms with Gasteiger partial charge < -0.3 is 19.2 Å². The highest BCUT2D eigenvalue weighted by Crippen LogP contribution is 2.19. The summed E-state index contributed by atoms with van der Waals surface area (Å²) in [6.45, 7) is 2.92. The fraction of sp³-hybridized carbons (Fsp3) is 0.500. The van der Waals surface area contributed by atoms with Gasteiger partial charge in [0.15, 0.2) is 5.69 Å². The molecule has 3 heterocycles. The largest absolute Gasteiger partial charge is 0.467 e. The standard InChI is InChI=1S/C14H18N4O4/c1-9-3-4-22-13(9)6-17(2)14(20)10-5-18(16-15-10)11-7-21-8-12(11)19/h3-5,11-12,19H,6-8H2,1-2H3/t11-,12-/m1/s1. The minimum absolute atomic E-state index is 0.228. The summed E-state index contributed by atoms with van der Waals surface area (Å²) >= 11 is 0. The third-order valence-corrected chi connectivity index (χ3v) is 3.79. The van der Waals surface area contributed by atoms with E-state index in [0.29, 0.717) is 13.2 Å². The van der Waals surface area contributed by atoms with Crippen LogP contribution in [0.2, 0.25) is 0 Å². The number of rotatable bonds is 4. The second-order valence-corrected chi connectivity index (χ2v) is 5.44. The number of aromatic nitrogens is 3. The van der Waals surface area contributed by atoms with Gasteiger partial charge in [-0.3, -0.25) is 4.79 Å². The Bertz CT molecular complexity index is 665. The highest BCUT2D eigenvalue weighted by Gasteiger charge is 2.30. The first kappa shape index (κ1) is 14.7. The van der Waals surface area contributed by atoms with E-state index in [9.17, 15) is 9.90 Å². The summed E-state index contributed by atoms with van der Waals surface area (Å²) in [5.74, 6) is 0.485. The van der Waals surface area contributed by atoms with Crippen molar-refractivity contribution in [1.29, 1.82) is 0 Å². The zero-order chi connectivity index (χ0) is 15.7. The molecule has 1 aliphatic rings. The van der Waals surface area contributed by atoms with Gasteiger partial charge in [0.05, 0.1) is 32.2 Å². The number of hydrogen-bond donors (Lipinski definition) is 1. The van der Waals surface area contributed by atoms with E-state index in [1.807, 2.05) is 13.0 Å². The first-order chi connectivity index (χ1) is 10.6. The Labute approximate surface area is 127 Å². The third kappa shape index (κ3) is 2.75. The molecule has 1 aliphatic heterocycles. The number of ether oxygens (including phenoxy) is 1. The van der Waals surface area contributed by atoms with Gasteiger partial charge in [-0.15, -0.1) is 5.10 Å². The lowest BCUT2D eigenvalue weighted by molar-refractivity contribution is 0.0769. The van der Waals surface area contributed by atoms with Crippen LogP contribution in [0, 0.1) is 6.92 Å². The van der Waals surface area contributed by atoms with Gasteiger partial charge in [0.2, 0.25) is 0 Å². The first-order valence-electron chi connectivity index (χ1n) is 7.02. The number of aryl methyl sites for hydroxylation is 1. The van der Waals surface area contributed by atoms with Crippen molar-refractivity contribution in [3.8, 4) is 0 Å². The van der Waals surface area contributed by atoms with E-state index in [2.05, 4.69) is 10.3 Å². The van der Waals surface area contributed by atoms with Crippen LogP contribution >= 0.6 is 0 Å². The number of amides is 1. The van der Waals surface area contributed by atoms with Crippen molar-refractivity contribution >= 4 is 5.91 Å². The van der Waals surface area contributed by atoms with Crippen LogP contribution in [0.5, 0.6) is 0 Å². The SMILES string of the molecule is Cc1ccoc1CN(C)C(=O)c1cn([C@@H]2COC[C@H]2O)nn1. The number of furan rings is 1. The molecule has 0 aliphatic carbocycles. The fourth-order valence-corrected chi connectivity index (χ4v) is 2.37. The molecule has 1 N–H and O–H groups in total. The lowest BCUT2D eigenvalue weighted by Gasteiger charge is -2.14. The molecule has 0 bridgehead atoms. The fourth-order valence-electron chi connectivity index (χ4n) is 2.37. The number of nitrogens with zero attached hydrogens (tertiary/aromatic N) is 4. The van der Waals surface area contributed by atoms with Crippen molar-refractivity contribution in [2.75, 3.05) is 20.3 Å². The second-order valence-electron chi connectivity index (χ2n) is 5.44. The molecule has 1 fully saturated rings. The maximum Gasteiger partial charge on any atom is 0.276 e. The van der Waals surface area contributed by atoms with Crippen molar-refractivity contribution in [1.82, 2.24) is 19.9 Å². The Morgan fingerprint density at radius 2 is 2.36 bits per heavy atom. The van der Waals surface area contributed by atoms with Gasteiger partial charge in [-0.25, -0.2) is 4.68 Å². The van der Waals surface area contributed by atoms with Gasteiger partial charge in [0, 0.05) is 7.05 Å². The summed E-state index contributed by atoms with van der Waals surface area (Å²) < 4.78 is 12.0. The summed E-state index contributed by atoms with van der Waals surface area (Å²) in [6, 6.07) is 1.55. The Balaban J connectivity index is 1.70. The molecular formula is C14H18N4O4. The van der Waals surface area contributed by atoms with Crippen LogP contribution in [0.3, 0.4) is 0 Å². The van der Waals surface area contributed by atoms with E-state index in [4.69, 9.17) is 9.15 Å². The van der Waals surface area contributed by atoms with Crippen LogP contribution in [-0.2, 0) is 11.3 Å². The average Bonchev–Trinajstić information content (AvgIpc) is 3.20. The van der Waals surface area contributed by atoms with Crippen molar-refractivity contribution < 1.29 is 19.1 Å². The normalized spacial score (nSPS) is 21.2. The molecule has 1 saturated heterocycles. The van der Waals surface area contributed by atoms with E-state index in [0.717, 1.165) is 11.3 Å². The summed E-state index contributed by atoms with van der Waals surface area (Å²) in [5.41, 5.74) is 1.22. The van der Waals surface area contributed by atoms with E-state index in [1.54, 1.807) is 13.3 Å². The highest BCUT2D eigenvalue weighted by atomic mass is 16.5. The molecule has 2 aromatic heterocycles. The molecule has 2 atom stereocenters. The molecule has 0 radical (unpaired) electrons. The van der Waals surface area contributed by atoms with Crippen LogP contribution in [0.4, 0.5) is 0 Å². The Morgan fingerprint density at radius 3 is 3.00 bits per heavy atom. The predicted molar refractivity (Wildman–Crippen MR) is 75.1 cm³/mol. The lowest BCUT2D eigenvalue weighted by Crippen LogP contribution is -2.26. The first-order valence-corrected chi connectivity index (χ1v) is 7.02. The minimum atomic E-state index is -0.631. The second kappa shape index (κ2) is 5.90.